The summed E-state index contributed by atoms with van der Waals surface area (Å²) in [6.45, 7) is 8.47. The lowest BCUT2D eigenvalue weighted by Crippen LogP contribution is -2.43. The minimum absolute atomic E-state index is 0.0609. The molecule has 0 unspecified atom stereocenters. The zero-order chi connectivity index (χ0) is 22.0. The van der Waals surface area contributed by atoms with Gasteiger partial charge in [0.15, 0.2) is 5.13 Å². The van der Waals surface area contributed by atoms with Crippen LogP contribution < -0.4 is 9.64 Å². The molecule has 0 N–H and O–H groups in total. The normalized spacial score (nSPS) is 14.7. The van der Waals surface area contributed by atoms with E-state index in [0.717, 1.165) is 48.7 Å². The van der Waals surface area contributed by atoms with Gasteiger partial charge in [0.25, 0.3) is 5.91 Å². The molecule has 0 aliphatic carbocycles. The first-order valence-electron chi connectivity index (χ1n) is 10.3. The number of carbonyl (C=O) groups is 1. The Bertz CT molecular complexity index is 1070. The number of ether oxygens (including phenoxy) is 2. The molecule has 2 aromatic carbocycles. The van der Waals surface area contributed by atoms with E-state index in [4.69, 9.17) is 26.1 Å². The van der Waals surface area contributed by atoms with Crippen LogP contribution in [0.3, 0.4) is 0 Å². The molecule has 0 atom stereocenters. The van der Waals surface area contributed by atoms with E-state index in [0.29, 0.717) is 33.5 Å². The smallest absolute Gasteiger partial charge is 0.260 e. The van der Waals surface area contributed by atoms with Crippen molar-refractivity contribution in [2.75, 3.05) is 51.4 Å². The summed E-state index contributed by atoms with van der Waals surface area (Å²) in [7, 11) is 1.61. The molecule has 4 rings (SSSR count). The fraction of sp³-hybridized carbons (Fsp3) is 0.391. The van der Waals surface area contributed by atoms with E-state index in [2.05, 4.69) is 11.0 Å². The Morgan fingerprint density at radius 2 is 1.94 bits per heavy atom. The van der Waals surface area contributed by atoms with Gasteiger partial charge in [-0.3, -0.25) is 14.6 Å². The number of halogens is 1. The number of hydrogen-bond donors (Lipinski definition) is 0. The van der Waals surface area contributed by atoms with Gasteiger partial charge in [0.1, 0.15) is 11.3 Å². The Hall–Kier alpha value is -2.19. The van der Waals surface area contributed by atoms with E-state index in [1.807, 2.05) is 26.0 Å². The van der Waals surface area contributed by atoms with Crippen LogP contribution in [0.25, 0.3) is 10.2 Å². The number of benzene rings is 2. The van der Waals surface area contributed by atoms with Crippen LogP contribution in [-0.2, 0) is 4.74 Å². The molecule has 1 saturated heterocycles. The average molecular weight is 460 g/mol. The topological polar surface area (TPSA) is 54.9 Å². The van der Waals surface area contributed by atoms with Gasteiger partial charge in [-0.2, -0.15) is 0 Å². The van der Waals surface area contributed by atoms with E-state index in [1.54, 1.807) is 24.1 Å². The summed E-state index contributed by atoms with van der Waals surface area (Å²) < 4.78 is 11.7. The number of carbonyl (C=O) groups excluding carboxylic acids is 1. The molecule has 1 aliphatic heterocycles. The summed E-state index contributed by atoms with van der Waals surface area (Å²) in [6, 6.07) is 9.53. The molecular formula is C23H26ClN3O3S. The van der Waals surface area contributed by atoms with Gasteiger partial charge in [-0.1, -0.05) is 40.1 Å². The summed E-state index contributed by atoms with van der Waals surface area (Å²) in [5.41, 5.74) is 3.47. The number of amides is 1. The van der Waals surface area contributed by atoms with E-state index in [9.17, 15) is 4.79 Å². The number of methoxy groups -OCH3 is 1. The third-order valence-electron chi connectivity index (χ3n) is 5.36. The van der Waals surface area contributed by atoms with Crippen LogP contribution in [0.2, 0.25) is 5.02 Å². The van der Waals surface area contributed by atoms with Gasteiger partial charge in [0, 0.05) is 31.7 Å². The number of nitrogens with zero attached hydrogens (tertiary/aromatic N) is 3. The first-order chi connectivity index (χ1) is 15.0. The Labute approximate surface area is 191 Å². The number of anilines is 1. The lowest BCUT2D eigenvalue weighted by atomic mass is 10.1. The van der Waals surface area contributed by atoms with Crippen molar-refractivity contribution in [3.8, 4) is 5.75 Å². The molecule has 1 fully saturated rings. The highest BCUT2D eigenvalue weighted by molar-refractivity contribution is 7.23. The molecular weight excluding hydrogens is 434 g/mol. The standard InChI is InChI=1S/C23H26ClN3O3S/c1-15-12-16(2)14-17(13-15)22(28)27(7-6-26-8-10-30-11-9-26)23-25-20-19(29-3)5-4-18(24)21(20)31-23/h4-5,12-14H,6-11H2,1-3H3. The highest BCUT2D eigenvalue weighted by Gasteiger charge is 2.24. The maximum absolute atomic E-state index is 13.6. The SMILES string of the molecule is COc1ccc(Cl)c2sc(N(CCN3CCOCC3)C(=O)c3cc(C)cc(C)c3)nc12. The maximum Gasteiger partial charge on any atom is 0.260 e. The Morgan fingerprint density at radius 1 is 1.23 bits per heavy atom. The Morgan fingerprint density at radius 3 is 2.61 bits per heavy atom. The third-order valence-corrected chi connectivity index (χ3v) is 6.89. The summed E-state index contributed by atoms with van der Waals surface area (Å²) >= 11 is 7.85. The second-order valence-corrected chi connectivity index (χ2v) is 9.10. The highest BCUT2D eigenvalue weighted by atomic mass is 35.5. The van der Waals surface area contributed by atoms with Crippen LogP contribution in [0, 0.1) is 13.8 Å². The number of thiazole rings is 1. The minimum atomic E-state index is -0.0609. The number of hydrogen-bond acceptors (Lipinski definition) is 6. The molecule has 8 heteroatoms. The fourth-order valence-corrected chi connectivity index (χ4v) is 5.11. The molecule has 0 bridgehead atoms. The Balaban J connectivity index is 1.71. The molecule has 3 aromatic rings. The molecule has 2 heterocycles. The number of aromatic nitrogens is 1. The lowest BCUT2D eigenvalue weighted by molar-refractivity contribution is 0.0391. The molecule has 0 radical (unpaired) electrons. The van der Waals surface area contributed by atoms with Crippen molar-refractivity contribution < 1.29 is 14.3 Å². The van der Waals surface area contributed by atoms with Crippen LogP contribution in [0.4, 0.5) is 5.13 Å². The van der Waals surface area contributed by atoms with Crippen molar-refractivity contribution in [1.82, 2.24) is 9.88 Å². The van der Waals surface area contributed by atoms with E-state index in [-0.39, 0.29) is 5.91 Å². The maximum atomic E-state index is 13.6. The second-order valence-electron chi connectivity index (χ2n) is 7.71. The lowest BCUT2D eigenvalue weighted by Gasteiger charge is -2.29. The van der Waals surface area contributed by atoms with Gasteiger partial charge < -0.3 is 9.47 Å². The predicted octanol–water partition coefficient (Wildman–Crippen LogP) is 4.55. The summed E-state index contributed by atoms with van der Waals surface area (Å²) in [5.74, 6) is 0.586. The zero-order valence-electron chi connectivity index (χ0n) is 18.0. The molecule has 1 amide bonds. The molecule has 1 aromatic heterocycles. The largest absolute Gasteiger partial charge is 0.494 e. The number of fused-ring (bicyclic) bond motifs is 1. The molecule has 0 spiro atoms. The summed E-state index contributed by atoms with van der Waals surface area (Å²) in [6.07, 6.45) is 0. The number of morpholine rings is 1. The van der Waals surface area contributed by atoms with E-state index in [1.165, 1.54) is 11.3 Å². The summed E-state index contributed by atoms with van der Waals surface area (Å²) in [4.78, 5) is 22.5. The van der Waals surface area contributed by atoms with Crippen LogP contribution in [0.1, 0.15) is 21.5 Å². The minimum Gasteiger partial charge on any atom is -0.494 e. The quantitative estimate of drug-likeness (QED) is 0.541. The third kappa shape index (κ3) is 4.85. The van der Waals surface area contributed by atoms with Crippen molar-refractivity contribution in [2.24, 2.45) is 0 Å². The van der Waals surface area contributed by atoms with Crippen LogP contribution in [-0.4, -0.2) is 62.3 Å². The van der Waals surface area contributed by atoms with E-state index < -0.39 is 0 Å². The molecule has 0 saturated carbocycles. The van der Waals surface area contributed by atoms with Crippen LogP contribution in [0.15, 0.2) is 30.3 Å². The molecule has 164 valence electrons. The van der Waals surface area contributed by atoms with Crippen molar-refractivity contribution in [2.45, 2.75) is 13.8 Å². The van der Waals surface area contributed by atoms with Gasteiger partial charge in [-0.05, 0) is 38.1 Å². The van der Waals surface area contributed by atoms with Crippen molar-refractivity contribution in [1.29, 1.82) is 0 Å². The fourth-order valence-electron chi connectivity index (χ4n) is 3.83. The highest BCUT2D eigenvalue weighted by Crippen LogP contribution is 2.39. The first-order valence-corrected chi connectivity index (χ1v) is 11.5. The van der Waals surface area contributed by atoms with Crippen LogP contribution >= 0.6 is 22.9 Å². The van der Waals surface area contributed by atoms with Crippen molar-refractivity contribution in [3.63, 3.8) is 0 Å². The summed E-state index contributed by atoms with van der Waals surface area (Å²) in [5, 5.41) is 1.23. The van der Waals surface area contributed by atoms with Crippen LogP contribution in [0.5, 0.6) is 5.75 Å². The first kappa shape index (κ1) is 22.0. The van der Waals surface area contributed by atoms with Gasteiger partial charge in [-0.25, -0.2) is 4.98 Å². The predicted molar refractivity (Wildman–Crippen MR) is 126 cm³/mol. The average Bonchev–Trinajstić information content (AvgIpc) is 3.20. The Kier molecular flexibility index (Phi) is 6.77. The number of aryl methyl sites for hydroxylation is 2. The van der Waals surface area contributed by atoms with Gasteiger partial charge >= 0.3 is 0 Å². The van der Waals surface area contributed by atoms with Gasteiger partial charge in [0.05, 0.1) is 30.0 Å². The van der Waals surface area contributed by atoms with Crippen molar-refractivity contribution >= 4 is 44.2 Å². The van der Waals surface area contributed by atoms with Gasteiger partial charge in [-0.15, -0.1) is 0 Å². The number of rotatable bonds is 6. The molecule has 1 aliphatic rings. The van der Waals surface area contributed by atoms with E-state index >= 15 is 0 Å². The monoisotopic (exact) mass is 459 g/mol. The second kappa shape index (κ2) is 9.53. The zero-order valence-corrected chi connectivity index (χ0v) is 19.6. The van der Waals surface area contributed by atoms with Crippen molar-refractivity contribution in [3.05, 3.63) is 52.0 Å². The molecule has 6 nitrogen and oxygen atoms in total. The molecule has 31 heavy (non-hydrogen) atoms. The van der Waals surface area contributed by atoms with Gasteiger partial charge in [0.2, 0.25) is 0 Å².